The predicted octanol–water partition coefficient (Wildman–Crippen LogP) is 2.92. The Bertz CT molecular complexity index is 1020. The molecule has 1 aliphatic carbocycles. The molecule has 0 saturated heterocycles. The Labute approximate surface area is 175 Å². The predicted molar refractivity (Wildman–Crippen MR) is 112 cm³/mol. The van der Waals surface area contributed by atoms with Crippen LogP contribution in [0, 0.1) is 5.82 Å². The molecule has 30 heavy (non-hydrogen) atoms. The summed E-state index contributed by atoms with van der Waals surface area (Å²) in [6.07, 6.45) is 5.95. The number of nitrogens with zero attached hydrogens (tertiary/aromatic N) is 2. The zero-order valence-corrected chi connectivity index (χ0v) is 17.4. The maximum Gasteiger partial charge on any atom is 0.254 e. The van der Waals surface area contributed by atoms with Crippen molar-refractivity contribution in [1.82, 2.24) is 14.9 Å². The third-order valence-electron chi connectivity index (χ3n) is 6.45. The number of hydrogen-bond donors (Lipinski definition) is 3. The van der Waals surface area contributed by atoms with E-state index in [0.29, 0.717) is 30.0 Å². The third-order valence-corrected chi connectivity index (χ3v) is 6.45. The van der Waals surface area contributed by atoms with Crippen molar-refractivity contribution in [2.75, 3.05) is 5.32 Å². The first-order valence-electron chi connectivity index (χ1n) is 10.7. The monoisotopic (exact) mass is 413 g/mol. The Morgan fingerprint density at radius 3 is 2.97 bits per heavy atom. The highest BCUT2D eigenvalue weighted by molar-refractivity contribution is 6.04. The van der Waals surface area contributed by atoms with Crippen LogP contribution >= 0.6 is 0 Å². The standard InChI is InChI=1S/C22H28FN5O2/c1-22(2)11-28-9-12(7-13(28)10-30-22)19-17-14(8-25-21(17)29)18(23)20(27-19)26-16-6-4-3-5-15(16)24/h7,9,15-16H,3-6,8,10-11,24H2,1-2H3,(H,25,29)(H,26,27). The van der Waals surface area contributed by atoms with Crippen molar-refractivity contribution in [3.05, 3.63) is 34.9 Å². The first-order valence-corrected chi connectivity index (χ1v) is 10.7. The topological polar surface area (TPSA) is 94.2 Å². The van der Waals surface area contributed by atoms with Gasteiger partial charge in [0.2, 0.25) is 0 Å². The van der Waals surface area contributed by atoms with Gasteiger partial charge in [-0.25, -0.2) is 9.37 Å². The average Bonchev–Trinajstić information content (AvgIpc) is 3.28. The molecule has 1 fully saturated rings. The smallest absolute Gasteiger partial charge is 0.254 e. The molecule has 7 nitrogen and oxygen atoms in total. The number of nitrogens with two attached hydrogens (primary N) is 1. The number of carbonyl (C=O) groups excluding carboxylic acids is 1. The van der Waals surface area contributed by atoms with Gasteiger partial charge in [0.25, 0.3) is 5.91 Å². The van der Waals surface area contributed by atoms with Crippen LogP contribution in [0.4, 0.5) is 10.2 Å². The Morgan fingerprint density at radius 2 is 2.17 bits per heavy atom. The van der Waals surface area contributed by atoms with Crippen molar-refractivity contribution in [1.29, 1.82) is 0 Å². The zero-order valence-electron chi connectivity index (χ0n) is 17.4. The molecule has 4 N–H and O–H groups in total. The van der Waals surface area contributed by atoms with E-state index in [1.54, 1.807) is 0 Å². The second-order valence-corrected chi connectivity index (χ2v) is 9.25. The minimum Gasteiger partial charge on any atom is -0.368 e. The SMILES string of the molecule is CC1(C)Cn2cc(-c3nc(NC4CCCCC4N)c(F)c4c3C(=O)NC4)cc2CO1. The Balaban J connectivity index is 1.57. The van der Waals surface area contributed by atoms with Gasteiger partial charge in [-0.2, -0.15) is 0 Å². The van der Waals surface area contributed by atoms with Crippen LogP contribution in [-0.2, 0) is 24.4 Å². The fraction of sp³-hybridized carbons (Fsp3) is 0.545. The van der Waals surface area contributed by atoms with Crippen LogP contribution in [0.15, 0.2) is 12.3 Å². The molecule has 1 amide bonds. The molecule has 2 aromatic rings. The number of rotatable bonds is 3. The van der Waals surface area contributed by atoms with Crippen molar-refractivity contribution < 1.29 is 13.9 Å². The molecular weight excluding hydrogens is 385 g/mol. The van der Waals surface area contributed by atoms with E-state index in [4.69, 9.17) is 10.5 Å². The maximum absolute atomic E-state index is 15.3. The molecule has 2 aliphatic heterocycles. The number of carbonyl (C=O) groups is 1. The van der Waals surface area contributed by atoms with Gasteiger partial charge in [-0.1, -0.05) is 12.8 Å². The maximum atomic E-state index is 15.3. The molecule has 5 rings (SSSR count). The summed E-state index contributed by atoms with van der Waals surface area (Å²) in [5.74, 6) is -0.560. The van der Waals surface area contributed by atoms with Crippen LogP contribution in [-0.4, -0.2) is 33.1 Å². The van der Waals surface area contributed by atoms with Crippen molar-refractivity contribution in [3.63, 3.8) is 0 Å². The zero-order chi connectivity index (χ0) is 21.0. The van der Waals surface area contributed by atoms with Gasteiger partial charge < -0.3 is 25.7 Å². The lowest BCUT2D eigenvalue weighted by molar-refractivity contribution is -0.0625. The second kappa shape index (κ2) is 7.06. The van der Waals surface area contributed by atoms with E-state index in [0.717, 1.165) is 36.9 Å². The second-order valence-electron chi connectivity index (χ2n) is 9.25. The summed E-state index contributed by atoms with van der Waals surface area (Å²) in [6, 6.07) is 1.93. The third kappa shape index (κ3) is 3.28. The number of anilines is 1. The van der Waals surface area contributed by atoms with Gasteiger partial charge in [-0.15, -0.1) is 0 Å². The fourth-order valence-electron chi connectivity index (χ4n) is 4.78. The highest BCUT2D eigenvalue weighted by atomic mass is 19.1. The van der Waals surface area contributed by atoms with Crippen LogP contribution in [0.2, 0.25) is 0 Å². The molecule has 1 saturated carbocycles. The van der Waals surface area contributed by atoms with E-state index in [1.807, 2.05) is 26.1 Å². The van der Waals surface area contributed by atoms with Crippen LogP contribution < -0.4 is 16.4 Å². The molecule has 4 heterocycles. The van der Waals surface area contributed by atoms with E-state index in [2.05, 4.69) is 20.2 Å². The van der Waals surface area contributed by atoms with E-state index in [9.17, 15) is 4.79 Å². The largest absolute Gasteiger partial charge is 0.368 e. The van der Waals surface area contributed by atoms with Crippen LogP contribution in [0.1, 0.15) is 61.1 Å². The molecule has 0 spiro atoms. The molecule has 2 unspecified atom stereocenters. The minimum absolute atomic E-state index is 0.0202. The van der Waals surface area contributed by atoms with E-state index in [1.165, 1.54) is 0 Å². The average molecular weight is 413 g/mol. The van der Waals surface area contributed by atoms with Crippen molar-refractivity contribution in [2.24, 2.45) is 5.73 Å². The van der Waals surface area contributed by atoms with Gasteiger partial charge in [0.15, 0.2) is 11.6 Å². The molecule has 2 aromatic heterocycles. The molecule has 0 aromatic carbocycles. The Morgan fingerprint density at radius 1 is 1.37 bits per heavy atom. The quantitative estimate of drug-likeness (QED) is 0.719. The van der Waals surface area contributed by atoms with E-state index in [-0.39, 0.29) is 36.0 Å². The molecule has 3 aliphatic rings. The van der Waals surface area contributed by atoms with Crippen molar-refractivity contribution in [2.45, 2.75) is 76.9 Å². The van der Waals surface area contributed by atoms with Crippen LogP contribution in [0.5, 0.6) is 0 Å². The normalized spacial score (nSPS) is 24.9. The Hall–Kier alpha value is -2.45. The van der Waals surface area contributed by atoms with Crippen LogP contribution in [0.25, 0.3) is 11.3 Å². The van der Waals surface area contributed by atoms with Gasteiger partial charge in [-0.3, -0.25) is 4.79 Å². The van der Waals surface area contributed by atoms with E-state index < -0.39 is 5.82 Å². The number of amides is 1. The number of ether oxygens (including phenoxy) is 1. The van der Waals surface area contributed by atoms with Crippen LogP contribution in [0.3, 0.4) is 0 Å². The number of fused-ring (bicyclic) bond motifs is 2. The lowest BCUT2D eigenvalue weighted by atomic mass is 9.91. The summed E-state index contributed by atoms with van der Waals surface area (Å²) in [7, 11) is 0. The van der Waals surface area contributed by atoms with Gasteiger partial charge in [0, 0.05) is 41.6 Å². The van der Waals surface area contributed by atoms with Gasteiger partial charge >= 0.3 is 0 Å². The Kier molecular flexibility index (Phi) is 4.59. The summed E-state index contributed by atoms with van der Waals surface area (Å²) in [5.41, 5.74) is 9.02. The summed E-state index contributed by atoms with van der Waals surface area (Å²) >= 11 is 0. The lowest BCUT2D eigenvalue weighted by Gasteiger charge is -2.31. The van der Waals surface area contributed by atoms with Gasteiger partial charge in [0.05, 0.1) is 30.0 Å². The first-order chi connectivity index (χ1) is 14.3. The molecule has 0 radical (unpaired) electrons. The molecular formula is C22H28FN5O2. The van der Waals surface area contributed by atoms with Crippen molar-refractivity contribution in [3.8, 4) is 11.3 Å². The summed E-state index contributed by atoms with van der Waals surface area (Å²) in [4.78, 5) is 17.1. The summed E-state index contributed by atoms with van der Waals surface area (Å²) in [6.45, 7) is 5.47. The first kappa shape index (κ1) is 19.5. The van der Waals surface area contributed by atoms with E-state index >= 15 is 4.39 Å². The highest BCUT2D eigenvalue weighted by Crippen LogP contribution is 2.36. The minimum atomic E-state index is -0.460. The summed E-state index contributed by atoms with van der Waals surface area (Å²) in [5, 5.41) is 5.99. The molecule has 2 atom stereocenters. The molecule has 8 heteroatoms. The number of halogens is 1. The number of hydrogen-bond acceptors (Lipinski definition) is 5. The van der Waals surface area contributed by atoms with Gasteiger partial charge in [0.1, 0.15) is 0 Å². The van der Waals surface area contributed by atoms with Crippen molar-refractivity contribution >= 4 is 11.7 Å². The van der Waals surface area contributed by atoms with Gasteiger partial charge in [-0.05, 0) is 32.8 Å². The number of pyridine rings is 1. The number of aromatic nitrogens is 2. The number of nitrogens with one attached hydrogen (secondary N) is 2. The molecule has 160 valence electrons. The lowest BCUT2D eigenvalue weighted by Crippen LogP contribution is -2.43. The molecule has 0 bridgehead atoms. The highest BCUT2D eigenvalue weighted by Gasteiger charge is 2.33. The fourth-order valence-corrected chi connectivity index (χ4v) is 4.78. The summed E-state index contributed by atoms with van der Waals surface area (Å²) < 4.78 is 23.3.